The van der Waals surface area contributed by atoms with Crippen molar-refractivity contribution in [2.45, 2.75) is 39.0 Å². The fraction of sp³-hybridized carbons (Fsp3) is 0.750. The fourth-order valence-corrected chi connectivity index (χ4v) is 4.24. The number of carbonyl (C=O) groups is 1. The van der Waals surface area contributed by atoms with Crippen LogP contribution < -0.4 is 5.32 Å². The predicted molar refractivity (Wildman–Crippen MR) is 85.8 cm³/mol. The van der Waals surface area contributed by atoms with E-state index in [2.05, 4.69) is 31.1 Å². The third-order valence-electron chi connectivity index (χ3n) is 4.66. The van der Waals surface area contributed by atoms with Gasteiger partial charge in [0.05, 0.1) is 11.2 Å². The van der Waals surface area contributed by atoms with Gasteiger partial charge >= 0.3 is 0 Å². The molecule has 3 heterocycles. The maximum atomic E-state index is 12.7. The topological polar surface area (TPSA) is 45.2 Å². The van der Waals surface area contributed by atoms with Gasteiger partial charge in [-0.15, -0.1) is 11.3 Å². The van der Waals surface area contributed by atoms with Crippen molar-refractivity contribution in [3.63, 3.8) is 0 Å². The molecule has 1 amide bonds. The molecular formula is C16H25N3OS. The second-order valence-electron chi connectivity index (χ2n) is 7.33. The quantitative estimate of drug-likeness (QED) is 0.867. The first-order chi connectivity index (χ1) is 9.95. The maximum Gasteiger partial charge on any atom is 0.265 e. The highest BCUT2D eigenvalue weighted by atomic mass is 32.1. The van der Waals surface area contributed by atoms with Crippen LogP contribution in [-0.4, -0.2) is 42.0 Å². The van der Waals surface area contributed by atoms with E-state index < -0.39 is 0 Å². The number of aromatic nitrogens is 1. The fourth-order valence-electron chi connectivity index (χ4n) is 3.30. The minimum absolute atomic E-state index is 0.0185. The van der Waals surface area contributed by atoms with Crippen molar-refractivity contribution < 1.29 is 4.79 Å². The van der Waals surface area contributed by atoms with Gasteiger partial charge in [0, 0.05) is 18.5 Å². The van der Waals surface area contributed by atoms with E-state index in [1.807, 2.05) is 4.90 Å². The van der Waals surface area contributed by atoms with Crippen molar-refractivity contribution in [1.82, 2.24) is 15.2 Å². The normalized spacial score (nSPS) is 26.5. The van der Waals surface area contributed by atoms with E-state index in [1.165, 1.54) is 0 Å². The number of amides is 1. The van der Waals surface area contributed by atoms with E-state index in [0.717, 1.165) is 60.7 Å². The van der Waals surface area contributed by atoms with Gasteiger partial charge in [-0.3, -0.25) is 4.79 Å². The molecule has 2 atom stereocenters. The van der Waals surface area contributed by atoms with Gasteiger partial charge in [0.15, 0.2) is 0 Å². The number of thiazole rings is 1. The Morgan fingerprint density at radius 1 is 1.29 bits per heavy atom. The maximum absolute atomic E-state index is 12.7. The van der Waals surface area contributed by atoms with Gasteiger partial charge in [-0.05, 0) is 37.8 Å². The summed E-state index contributed by atoms with van der Waals surface area (Å²) in [5.41, 5.74) is 0.0185. The van der Waals surface area contributed by atoms with E-state index in [4.69, 9.17) is 0 Å². The van der Waals surface area contributed by atoms with Crippen molar-refractivity contribution >= 4 is 17.2 Å². The minimum Gasteiger partial charge on any atom is -0.338 e. The van der Waals surface area contributed by atoms with Crippen LogP contribution in [0.3, 0.4) is 0 Å². The predicted octanol–water partition coefficient (Wildman–Crippen LogP) is 2.51. The lowest BCUT2D eigenvalue weighted by molar-refractivity contribution is 0.0763. The number of nitrogens with one attached hydrogen (secondary N) is 1. The second kappa shape index (κ2) is 5.69. The smallest absolute Gasteiger partial charge is 0.265 e. The average Bonchev–Trinajstić information content (AvgIpc) is 3.03. The van der Waals surface area contributed by atoms with Gasteiger partial charge in [-0.1, -0.05) is 20.8 Å². The SMILES string of the molecule is CC(C)(C)c1ncc(C(=O)N2CC[C@@H]3CNC[C@@H]3CC2)s1. The second-order valence-corrected chi connectivity index (χ2v) is 8.36. The van der Waals surface area contributed by atoms with E-state index in [9.17, 15) is 4.79 Å². The van der Waals surface area contributed by atoms with Crippen molar-refractivity contribution in [3.8, 4) is 0 Å². The molecule has 0 aromatic carbocycles. The van der Waals surface area contributed by atoms with Crippen molar-refractivity contribution in [2.75, 3.05) is 26.2 Å². The molecule has 5 heteroatoms. The zero-order chi connectivity index (χ0) is 15.0. The first kappa shape index (κ1) is 15.0. The molecular weight excluding hydrogens is 282 g/mol. The molecule has 1 aromatic heterocycles. The van der Waals surface area contributed by atoms with Gasteiger partial charge in [0.25, 0.3) is 5.91 Å². The summed E-state index contributed by atoms with van der Waals surface area (Å²) < 4.78 is 0. The molecule has 0 unspecified atom stereocenters. The number of rotatable bonds is 1. The molecule has 0 spiro atoms. The van der Waals surface area contributed by atoms with Crippen LogP contribution >= 0.6 is 11.3 Å². The standard InChI is InChI=1S/C16H25N3OS/c1-16(2,3)15-18-10-13(21-15)14(20)19-6-4-11-8-17-9-12(11)5-7-19/h10-12,17H,4-9H2,1-3H3/t11-,12+. The van der Waals surface area contributed by atoms with Crippen molar-refractivity contribution in [3.05, 3.63) is 16.1 Å². The monoisotopic (exact) mass is 307 g/mol. The molecule has 0 saturated carbocycles. The van der Waals surface area contributed by atoms with Crippen LogP contribution in [0.4, 0.5) is 0 Å². The molecule has 3 rings (SSSR count). The molecule has 0 aliphatic carbocycles. The Balaban J connectivity index is 1.69. The summed E-state index contributed by atoms with van der Waals surface area (Å²) in [7, 11) is 0. The summed E-state index contributed by atoms with van der Waals surface area (Å²) >= 11 is 1.56. The van der Waals surface area contributed by atoms with E-state index in [0.29, 0.717) is 0 Å². The van der Waals surface area contributed by atoms with E-state index in [1.54, 1.807) is 17.5 Å². The summed E-state index contributed by atoms with van der Waals surface area (Å²) in [6.45, 7) is 10.5. The highest BCUT2D eigenvalue weighted by Crippen LogP contribution is 2.30. The molecule has 116 valence electrons. The van der Waals surface area contributed by atoms with E-state index >= 15 is 0 Å². The molecule has 4 nitrogen and oxygen atoms in total. The van der Waals surface area contributed by atoms with Gasteiger partial charge in [0.1, 0.15) is 4.88 Å². The molecule has 2 saturated heterocycles. The summed E-state index contributed by atoms with van der Waals surface area (Å²) in [5, 5.41) is 4.52. The van der Waals surface area contributed by atoms with Gasteiger partial charge in [-0.25, -0.2) is 4.98 Å². The Morgan fingerprint density at radius 3 is 2.43 bits per heavy atom. The Labute approximate surface area is 130 Å². The molecule has 0 bridgehead atoms. The van der Waals surface area contributed by atoms with E-state index in [-0.39, 0.29) is 11.3 Å². The molecule has 21 heavy (non-hydrogen) atoms. The lowest BCUT2D eigenvalue weighted by atomic mass is 9.92. The first-order valence-electron chi connectivity index (χ1n) is 7.91. The Kier molecular flexibility index (Phi) is 4.06. The van der Waals surface area contributed by atoms with Crippen molar-refractivity contribution in [2.24, 2.45) is 11.8 Å². The number of carbonyl (C=O) groups excluding carboxylic acids is 1. The molecule has 2 fully saturated rings. The van der Waals surface area contributed by atoms with Crippen LogP contribution in [0.1, 0.15) is 48.3 Å². The van der Waals surface area contributed by atoms with Crippen LogP contribution in [-0.2, 0) is 5.41 Å². The minimum atomic E-state index is 0.0185. The highest BCUT2D eigenvalue weighted by molar-refractivity contribution is 7.13. The molecule has 0 radical (unpaired) electrons. The zero-order valence-corrected chi connectivity index (χ0v) is 14.0. The summed E-state index contributed by atoms with van der Waals surface area (Å²) in [6, 6.07) is 0. The highest BCUT2D eigenvalue weighted by Gasteiger charge is 2.32. The number of fused-ring (bicyclic) bond motifs is 1. The molecule has 1 aromatic rings. The Hall–Kier alpha value is -0.940. The lowest BCUT2D eigenvalue weighted by Crippen LogP contribution is -2.32. The summed E-state index contributed by atoms with van der Waals surface area (Å²) in [5.74, 6) is 1.69. The first-order valence-corrected chi connectivity index (χ1v) is 8.73. The van der Waals surface area contributed by atoms with Crippen LogP contribution in [0.15, 0.2) is 6.20 Å². The Morgan fingerprint density at radius 2 is 1.90 bits per heavy atom. The van der Waals surface area contributed by atoms with Gasteiger partial charge in [-0.2, -0.15) is 0 Å². The summed E-state index contributed by atoms with van der Waals surface area (Å²) in [4.78, 5) is 20.0. The van der Waals surface area contributed by atoms with Crippen LogP contribution in [0, 0.1) is 11.8 Å². The number of nitrogens with zero attached hydrogens (tertiary/aromatic N) is 2. The van der Waals surface area contributed by atoms with Crippen LogP contribution in [0.5, 0.6) is 0 Å². The Bertz CT molecular complexity index is 506. The molecule has 1 N–H and O–H groups in total. The molecule has 2 aliphatic heterocycles. The third kappa shape index (κ3) is 3.14. The number of hydrogen-bond donors (Lipinski definition) is 1. The van der Waals surface area contributed by atoms with Gasteiger partial charge in [0.2, 0.25) is 0 Å². The van der Waals surface area contributed by atoms with Gasteiger partial charge < -0.3 is 10.2 Å². The van der Waals surface area contributed by atoms with Crippen LogP contribution in [0.25, 0.3) is 0 Å². The largest absolute Gasteiger partial charge is 0.338 e. The average molecular weight is 307 g/mol. The number of hydrogen-bond acceptors (Lipinski definition) is 4. The number of likely N-dealkylation sites (tertiary alicyclic amines) is 1. The van der Waals surface area contributed by atoms with Crippen molar-refractivity contribution in [1.29, 1.82) is 0 Å². The van der Waals surface area contributed by atoms with Crippen LogP contribution in [0.2, 0.25) is 0 Å². The zero-order valence-electron chi connectivity index (χ0n) is 13.2. The summed E-state index contributed by atoms with van der Waals surface area (Å²) in [6.07, 6.45) is 4.03. The molecule has 2 aliphatic rings. The third-order valence-corrected chi connectivity index (χ3v) is 6.08. The lowest BCUT2D eigenvalue weighted by Gasteiger charge is -2.20.